The Balaban J connectivity index is 1.88. The van der Waals surface area contributed by atoms with Crippen LogP contribution in [0.2, 0.25) is 0 Å². The molecule has 1 fully saturated rings. The van der Waals surface area contributed by atoms with Crippen molar-refractivity contribution in [1.29, 1.82) is 0 Å². The van der Waals surface area contributed by atoms with E-state index in [-0.39, 0.29) is 12.3 Å². The summed E-state index contributed by atoms with van der Waals surface area (Å²) in [7, 11) is 0. The van der Waals surface area contributed by atoms with Gasteiger partial charge in [0.2, 0.25) is 0 Å². The average molecular weight is 302 g/mol. The maximum absolute atomic E-state index is 11.5. The van der Waals surface area contributed by atoms with Crippen molar-refractivity contribution in [3.63, 3.8) is 0 Å². The monoisotopic (exact) mass is 301 g/mol. The van der Waals surface area contributed by atoms with Gasteiger partial charge in [-0.15, -0.1) is 0 Å². The summed E-state index contributed by atoms with van der Waals surface area (Å²) in [6, 6.07) is 1.77. The molecule has 1 aliphatic rings. The number of urea groups is 1. The molecular weight excluding hydrogens is 294 g/mol. The van der Waals surface area contributed by atoms with Gasteiger partial charge in [0, 0.05) is 6.54 Å². The van der Waals surface area contributed by atoms with Gasteiger partial charge in [-0.1, -0.05) is 0 Å². The zero-order chi connectivity index (χ0) is 12.4. The van der Waals surface area contributed by atoms with Crippen LogP contribution in [0.3, 0.4) is 0 Å². The summed E-state index contributed by atoms with van der Waals surface area (Å²) in [5.41, 5.74) is 0. The van der Waals surface area contributed by atoms with Crippen LogP contribution in [0.5, 0.6) is 0 Å². The van der Waals surface area contributed by atoms with Gasteiger partial charge in [-0.3, -0.25) is 14.9 Å². The molecule has 1 aromatic rings. The fraction of sp³-hybridized carbons (Fsp3) is 0.222. The molecule has 0 aliphatic carbocycles. The molecule has 0 radical (unpaired) electrons. The first-order valence-corrected chi connectivity index (χ1v) is 5.50. The number of hydrogen-bond acceptors (Lipinski definition) is 4. The van der Waals surface area contributed by atoms with Crippen molar-refractivity contribution < 1.29 is 18.8 Å². The number of rotatable bonds is 3. The van der Waals surface area contributed by atoms with Crippen LogP contribution in [0.1, 0.15) is 10.6 Å². The molecule has 1 aliphatic heterocycles. The molecule has 3 N–H and O–H groups in total. The maximum Gasteiger partial charge on any atom is 0.322 e. The Morgan fingerprint density at radius 2 is 2.24 bits per heavy atom. The third kappa shape index (κ3) is 2.64. The molecule has 8 heteroatoms. The quantitative estimate of drug-likeness (QED) is 0.683. The minimum absolute atomic E-state index is 0.00866. The topological polar surface area (TPSA) is 100 Å². The molecule has 17 heavy (non-hydrogen) atoms. The first-order chi connectivity index (χ1) is 8.06. The van der Waals surface area contributed by atoms with Crippen LogP contribution >= 0.6 is 15.9 Å². The average Bonchev–Trinajstić information content (AvgIpc) is 2.82. The summed E-state index contributed by atoms with van der Waals surface area (Å²) in [4.78, 5) is 33.5. The summed E-state index contributed by atoms with van der Waals surface area (Å²) in [6.07, 6.45) is 0. The van der Waals surface area contributed by atoms with Gasteiger partial charge in [0.15, 0.2) is 10.4 Å². The lowest BCUT2D eigenvalue weighted by Crippen LogP contribution is -2.41. The Hall–Kier alpha value is -1.83. The van der Waals surface area contributed by atoms with E-state index in [1.54, 1.807) is 6.07 Å². The van der Waals surface area contributed by atoms with E-state index in [0.717, 1.165) is 0 Å². The van der Waals surface area contributed by atoms with E-state index in [4.69, 9.17) is 4.42 Å². The van der Waals surface area contributed by atoms with Gasteiger partial charge in [0.1, 0.15) is 6.04 Å². The molecule has 4 amide bonds. The molecule has 1 aromatic heterocycles. The number of imide groups is 1. The van der Waals surface area contributed by atoms with Gasteiger partial charge in [0.05, 0.1) is 0 Å². The second-order valence-corrected chi connectivity index (χ2v) is 4.11. The van der Waals surface area contributed by atoms with Crippen LogP contribution in [0.25, 0.3) is 0 Å². The third-order valence-corrected chi connectivity index (χ3v) is 2.55. The highest BCUT2D eigenvalue weighted by molar-refractivity contribution is 9.10. The molecule has 90 valence electrons. The first kappa shape index (κ1) is 11.6. The lowest BCUT2D eigenvalue weighted by molar-refractivity contribution is -0.120. The molecule has 2 rings (SSSR count). The van der Waals surface area contributed by atoms with E-state index in [1.165, 1.54) is 6.07 Å². The molecule has 1 atom stereocenters. The largest absolute Gasteiger partial charge is 0.444 e. The number of carbonyl (C=O) groups is 3. The van der Waals surface area contributed by atoms with Crippen LogP contribution in [0.4, 0.5) is 4.79 Å². The zero-order valence-electron chi connectivity index (χ0n) is 8.45. The minimum atomic E-state index is -0.746. The van der Waals surface area contributed by atoms with Crippen LogP contribution in [-0.2, 0) is 4.79 Å². The van der Waals surface area contributed by atoms with Crippen molar-refractivity contribution in [2.45, 2.75) is 6.04 Å². The predicted molar refractivity (Wildman–Crippen MR) is 59.2 cm³/mol. The van der Waals surface area contributed by atoms with Gasteiger partial charge in [-0.2, -0.15) is 0 Å². The van der Waals surface area contributed by atoms with Crippen molar-refractivity contribution >= 4 is 33.8 Å². The number of hydrogen-bond donors (Lipinski definition) is 3. The van der Waals surface area contributed by atoms with Crippen molar-refractivity contribution in [3.8, 4) is 0 Å². The van der Waals surface area contributed by atoms with Crippen LogP contribution in [-0.4, -0.2) is 30.4 Å². The fourth-order valence-electron chi connectivity index (χ4n) is 1.32. The van der Waals surface area contributed by atoms with Crippen molar-refractivity contribution in [2.75, 3.05) is 6.54 Å². The summed E-state index contributed by atoms with van der Waals surface area (Å²) in [6.45, 7) is 0.00866. The smallest absolute Gasteiger partial charge is 0.322 e. The fourth-order valence-corrected chi connectivity index (χ4v) is 1.63. The van der Waals surface area contributed by atoms with Crippen molar-refractivity contribution in [1.82, 2.24) is 16.0 Å². The molecule has 1 saturated heterocycles. The third-order valence-electron chi connectivity index (χ3n) is 2.12. The molecule has 0 saturated carbocycles. The highest BCUT2D eigenvalue weighted by Gasteiger charge is 2.29. The van der Waals surface area contributed by atoms with E-state index in [2.05, 4.69) is 31.9 Å². The second kappa shape index (κ2) is 4.58. The zero-order valence-corrected chi connectivity index (χ0v) is 10.0. The predicted octanol–water partition coefficient (Wildman–Crippen LogP) is -0.0201. The maximum atomic E-state index is 11.5. The van der Waals surface area contributed by atoms with Crippen molar-refractivity contribution in [3.05, 3.63) is 22.6 Å². The Labute approximate surface area is 104 Å². The SMILES string of the molecule is O=C1NC(=O)C(CNC(=O)c2ccc(Br)o2)N1. The van der Waals surface area contributed by atoms with E-state index >= 15 is 0 Å². The standard InChI is InChI=1S/C9H8BrN3O4/c10-6-2-1-5(17-6)8(15)11-3-4-7(14)13-9(16)12-4/h1-2,4H,3H2,(H,11,15)(H2,12,13,14,16). The summed E-state index contributed by atoms with van der Waals surface area (Å²) < 4.78 is 5.46. The summed E-state index contributed by atoms with van der Waals surface area (Å²) in [5, 5.41) is 6.90. The lowest BCUT2D eigenvalue weighted by Gasteiger charge is -2.07. The van der Waals surface area contributed by atoms with Gasteiger partial charge in [-0.05, 0) is 28.1 Å². The second-order valence-electron chi connectivity index (χ2n) is 3.33. The number of amides is 4. The molecule has 2 heterocycles. The highest BCUT2D eigenvalue weighted by atomic mass is 79.9. The number of nitrogens with one attached hydrogen (secondary N) is 3. The van der Waals surface area contributed by atoms with Gasteiger partial charge in [-0.25, -0.2) is 4.79 Å². The first-order valence-electron chi connectivity index (χ1n) is 4.71. The van der Waals surface area contributed by atoms with E-state index in [1.807, 2.05) is 0 Å². The normalized spacial score (nSPS) is 18.8. The Bertz CT molecular complexity index is 484. The van der Waals surface area contributed by atoms with E-state index in [9.17, 15) is 14.4 Å². The van der Waals surface area contributed by atoms with E-state index < -0.39 is 23.9 Å². The lowest BCUT2D eigenvalue weighted by atomic mass is 10.3. The highest BCUT2D eigenvalue weighted by Crippen LogP contribution is 2.13. The van der Waals surface area contributed by atoms with Crippen molar-refractivity contribution in [2.24, 2.45) is 0 Å². The van der Waals surface area contributed by atoms with Gasteiger partial charge < -0.3 is 15.1 Å². The molecule has 0 spiro atoms. The number of furan rings is 1. The Morgan fingerprint density at radius 1 is 1.47 bits per heavy atom. The Kier molecular flexibility index (Phi) is 3.14. The summed E-state index contributed by atoms with van der Waals surface area (Å²) in [5.74, 6) is -0.790. The van der Waals surface area contributed by atoms with Crippen LogP contribution in [0.15, 0.2) is 21.2 Å². The van der Waals surface area contributed by atoms with E-state index in [0.29, 0.717) is 4.67 Å². The molecule has 0 aromatic carbocycles. The van der Waals surface area contributed by atoms with Crippen LogP contribution < -0.4 is 16.0 Å². The minimum Gasteiger partial charge on any atom is -0.444 e. The summed E-state index contributed by atoms with van der Waals surface area (Å²) >= 11 is 3.07. The Morgan fingerprint density at radius 3 is 2.76 bits per heavy atom. The molecular formula is C9H8BrN3O4. The number of carbonyl (C=O) groups excluding carboxylic acids is 3. The van der Waals surface area contributed by atoms with Gasteiger partial charge >= 0.3 is 6.03 Å². The molecule has 0 bridgehead atoms. The molecule has 7 nitrogen and oxygen atoms in total. The molecule has 1 unspecified atom stereocenters. The van der Waals surface area contributed by atoms with Crippen LogP contribution in [0, 0.1) is 0 Å². The number of halogens is 1. The van der Waals surface area contributed by atoms with Gasteiger partial charge in [0.25, 0.3) is 11.8 Å².